The third kappa shape index (κ3) is 4.67. The van der Waals surface area contributed by atoms with Crippen LogP contribution in [0, 0.1) is 0 Å². The van der Waals surface area contributed by atoms with Gasteiger partial charge in [-0.1, -0.05) is 32.0 Å². The zero-order valence-electron chi connectivity index (χ0n) is 12.1. The molecule has 0 bridgehead atoms. The zero-order valence-corrected chi connectivity index (χ0v) is 12.1. The largest absolute Gasteiger partial charge is 0.496 e. The molecule has 0 aliphatic carbocycles. The van der Waals surface area contributed by atoms with Crippen LogP contribution in [0.15, 0.2) is 24.3 Å². The predicted molar refractivity (Wildman–Crippen MR) is 75.1 cm³/mol. The Morgan fingerprint density at radius 3 is 2.33 bits per heavy atom. The van der Waals surface area contributed by atoms with E-state index >= 15 is 0 Å². The number of benzene rings is 1. The summed E-state index contributed by atoms with van der Waals surface area (Å²) in [6, 6.07) is 8.47. The molecule has 0 radical (unpaired) electrons. The first-order chi connectivity index (χ1) is 8.54. The highest BCUT2D eigenvalue weighted by molar-refractivity contribution is 5.35. The third-order valence-electron chi connectivity index (χ3n) is 2.63. The summed E-state index contributed by atoms with van der Waals surface area (Å²) in [4.78, 5) is 0. The summed E-state index contributed by atoms with van der Waals surface area (Å²) in [7, 11) is 1.70. The monoisotopic (exact) mass is 251 g/mol. The summed E-state index contributed by atoms with van der Waals surface area (Å²) >= 11 is 0. The fourth-order valence-corrected chi connectivity index (χ4v) is 1.84. The Morgan fingerprint density at radius 2 is 1.78 bits per heavy atom. The molecule has 0 aliphatic rings. The molecule has 0 aliphatic heterocycles. The van der Waals surface area contributed by atoms with E-state index in [4.69, 9.17) is 9.47 Å². The summed E-state index contributed by atoms with van der Waals surface area (Å²) in [6.45, 7) is 9.16. The minimum atomic E-state index is 0.0172. The number of nitrogens with one attached hydrogen (secondary N) is 1. The second kappa shape index (κ2) is 7.39. The van der Waals surface area contributed by atoms with Crippen LogP contribution in [0.25, 0.3) is 0 Å². The maximum atomic E-state index is 5.99. The average molecular weight is 251 g/mol. The van der Waals surface area contributed by atoms with Crippen LogP contribution < -0.4 is 10.1 Å². The van der Waals surface area contributed by atoms with Crippen LogP contribution in [-0.2, 0) is 4.74 Å². The minimum absolute atomic E-state index is 0.0172. The maximum Gasteiger partial charge on any atom is 0.124 e. The molecule has 1 aromatic rings. The normalized spacial score (nSPS) is 13.1. The van der Waals surface area contributed by atoms with E-state index in [0.29, 0.717) is 6.04 Å². The van der Waals surface area contributed by atoms with Gasteiger partial charge in [-0.15, -0.1) is 0 Å². The van der Waals surface area contributed by atoms with Crippen molar-refractivity contribution in [1.82, 2.24) is 5.32 Å². The highest BCUT2D eigenvalue weighted by Gasteiger charge is 2.17. The Morgan fingerprint density at radius 1 is 1.11 bits per heavy atom. The first-order valence-electron chi connectivity index (χ1n) is 6.56. The quantitative estimate of drug-likeness (QED) is 0.807. The molecule has 102 valence electrons. The Kier molecular flexibility index (Phi) is 6.16. The first kappa shape index (κ1) is 15.0. The van der Waals surface area contributed by atoms with Crippen molar-refractivity contribution in [1.29, 1.82) is 0 Å². The summed E-state index contributed by atoms with van der Waals surface area (Å²) in [6.07, 6.45) is 0.206. The van der Waals surface area contributed by atoms with Crippen molar-refractivity contribution in [2.24, 2.45) is 0 Å². The third-order valence-corrected chi connectivity index (χ3v) is 2.63. The van der Waals surface area contributed by atoms with Crippen molar-refractivity contribution in [3.05, 3.63) is 29.8 Å². The zero-order chi connectivity index (χ0) is 13.5. The van der Waals surface area contributed by atoms with Crippen LogP contribution in [0.4, 0.5) is 0 Å². The van der Waals surface area contributed by atoms with Gasteiger partial charge in [0.25, 0.3) is 0 Å². The highest BCUT2D eigenvalue weighted by Crippen LogP contribution is 2.28. The van der Waals surface area contributed by atoms with Crippen molar-refractivity contribution < 1.29 is 9.47 Å². The molecule has 0 saturated carbocycles. The number of para-hydroxylation sites is 1. The molecule has 0 saturated heterocycles. The smallest absolute Gasteiger partial charge is 0.124 e. The van der Waals surface area contributed by atoms with Gasteiger partial charge in [-0.25, -0.2) is 0 Å². The lowest BCUT2D eigenvalue weighted by molar-refractivity contribution is 0.00500. The molecule has 0 spiro atoms. The minimum Gasteiger partial charge on any atom is -0.496 e. The molecule has 1 N–H and O–H groups in total. The summed E-state index contributed by atoms with van der Waals surface area (Å²) < 4.78 is 11.4. The Hall–Kier alpha value is -1.06. The van der Waals surface area contributed by atoms with E-state index in [1.165, 1.54) is 0 Å². The molecule has 0 fully saturated rings. The van der Waals surface area contributed by atoms with Crippen LogP contribution in [0.3, 0.4) is 0 Å². The lowest BCUT2D eigenvalue weighted by atomic mass is 10.1. The van der Waals surface area contributed by atoms with E-state index in [2.05, 4.69) is 39.1 Å². The van der Waals surface area contributed by atoms with Crippen molar-refractivity contribution in [2.75, 3.05) is 13.7 Å². The Labute approximate surface area is 110 Å². The van der Waals surface area contributed by atoms with E-state index in [9.17, 15) is 0 Å². The van der Waals surface area contributed by atoms with Gasteiger partial charge >= 0.3 is 0 Å². The molecule has 3 nitrogen and oxygen atoms in total. The molecule has 18 heavy (non-hydrogen) atoms. The summed E-state index contributed by atoms with van der Waals surface area (Å²) in [5, 5.41) is 3.42. The van der Waals surface area contributed by atoms with E-state index < -0.39 is 0 Å². The molecule has 0 heterocycles. The first-order valence-corrected chi connectivity index (χ1v) is 6.56. The Balaban J connectivity index is 2.86. The fourth-order valence-electron chi connectivity index (χ4n) is 1.84. The van der Waals surface area contributed by atoms with Gasteiger partial charge in [0, 0.05) is 18.2 Å². The van der Waals surface area contributed by atoms with E-state index in [0.717, 1.165) is 17.9 Å². The second-order valence-corrected chi connectivity index (χ2v) is 4.98. The molecular formula is C15H25NO2. The van der Waals surface area contributed by atoms with Crippen molar-refractivity contribution in [2.45, 2.75) is 45.9 Å². The van der Waals surface area contributed by atoms with Crippen LogP contribution >= 0.6 is 0 Å². The van der Waals surface area contributed by atoms with E-state index in [1.54, 1.807) is 7.11 Å². The van der Waals surface area contributed by atoms with E-state index in [1.807, 2.05) is 18.2 Å². The van der Waals surface area contributed by atoms with Crippen LogP contribution in [0.2, 0.25) is 0 Å². The lowest BCUT2D eigenvalue weighted by Crippen LogP contribution is -2.30. The van der Waals surface area contributed by atoms with Gasteiger partial charge in [-0.3, -0.25) is 0 Å². The molecule has 1 atom stereocenters. The van der Waals surface area contributed by atoms with Crippen LogP contribution in [-0.4, -0.2) is 25.8 Å². The second-order valence-electron chi connectivity index (χ2n) is 4.98. The van der Waals surface area contributed by atoms with Gasteiger partial charge in [0.15, 0.2) is 0 Å². The van der Waals surface area contributed by atoms with Crippen molar-refractivity contribution in [3.63, 3.8) is 0 Å². The Bertz CT molecular complexity index is 350. The summed E-state index contributed by atoms with van der Waals surface area (Å²) in [5.74, 6) is 0.883. The number of hydrogen-bond acceptors (Lipinski definition) is 3. The number of methoxy groups -OCH3 is 1. The summed E-state index contributed by atoms with van der Waals surface area (Å²) in [5.41, 5.74) is 1.10. The SMILES string of the molecule is COc1ccccc1C(CNC(C)C)OC(C)C. The molecule has 3 heteroatoms. The standard InChI is InChI=1S/C15H25NO2/c1-11(2)16-10-15(18-12(3)4)13-8-6-7-9-14(13)17-5/h6-9,11-12,15-16H,10H2,1-5H3. The number of rotatable bonds is 7. The van der Waals surface area contributed by atoms with Crippen LogP contribution in [0.5, 0.6) is 5.75 Å². The fraction of sp³-hybridized carbons (Fsp3) is 0.600. The van der Waals surface area contributed by atoms with Gasteiger partial charge in [-0.05, 0) is 19.9 Å². The lowest BCUT2D eigenvalue weighted by Gasteiger charge is -2.24. The molecule has 1 rings (SSSR count). The average Bonchev–Trinajstić information content (AvgIpc) is 2.33. The van der Waals surface area contributed by atoms with Gasteiger partial charge in [0.2, 0.25) is 0 Å². The van der Waals surface area contributed by atoms with Gasteiger partial charge in [-0.2, -0.15) is 0 Å². The maximum absolute atomic E-state index is 5.99. The molecule has 0 aromatic heterocycles. The van der Waals surface area contributed by atoms with Gasteiger partial charge in [0.1, 0.15) is 5.75 Å². The van der Waals surface area contributed by atoms with Crippen molar-refractivity contribution in [3.8, 4) is 5.75 Å². The topological polar surface area (TPSA) is 30.5 Å². The van der Waals surface area contributed by atoms with Crippen molar-refractivity contribution >= 4 is 0 Å². The molecule has 1 aromatic carbocycles. The van der Waals surface area contributed by atoms with Gasteiger partial charge < -0.3 is 14.8 Å². The van der Waals surface area contributed by atoms with E-state index in [-0.39, 0.29) is 12.2 Å². The predicted octanol–water partition coefficient (Wildman–Crippen LogP) is 3.16. The highest BCUT2D eigenvalue weighted by atomic mass is 16.5. The molecular weight excluding hydrogens is 226 g/mol. The number of ether oxygens (including phenoxy) is 2. The molecule has 0 amide bonds. The molecule has 1 unspecified atom stereocenters. The van der Waals surface area contributed by atoms with Gasteiger partial charge in [0.05, 0.1) is 19.3 Å². The number of hydrogen-bond donors (Lipinski definition) is 1. The van der Waals surface area contributed by atoms with Crippen LogP contribution in [0.1, 0.15) is 39.4 Å².